The zero-order chi connectivity index (χ0) is 21.0. The fourth-order valence-electron chi connectivity index (χ4n) is 3.07. The topological polar surface area (TPSA) is 100 Å². The molecule has 0 radical (unpaired) electrons. The second-order valence-corrected chi connectivity index (χ2v) is 6.44. The number of carbonyl (C=O) groups is 1. The van der Waals surface area contributed by atoms with Gasteiger partial charge in [0.25, 0.3) is 0 Å². The Hall–Kier alpha value is -3.81. The SMILES string of the molecule is COc1ccc(/C=C/C(=O)c2cccnc2)cc1Cn1nc(C)c([N+](=O)[O-])c1C. The Morgan fingerprint density at radius 2 is 2.10 bits per heavy atom. The summed E-state index contributed by atoms with van der Waals surface area (Å²) in [5, 5.41) is 15.5. The van der Waals surface area contributed by atoms with Crippen molar-refractivity contribution in [2.24, 2.45) is 0 Å². The highest BCUT2D eigenvalue weighted by Gasteiger charge is 2.22. The minimum Gasteiger partial charge on any atom is -0.496 e. The lowest BCUT2D eigenvalue weighted by Gasteiger charge is -2.10. The van der Waals surface area contributed by atoms with Crippen LogP contribution in [0.3, 0.4) is 0 Å². The summed E-state index contributed by atoms with van der Waals surface area (Å²) in [7, 11) is 1.56. The van der Waals surface area contributed by atoms with Crippen LogP contribution in [0.5, 0.6) is 5.75 Å². The van der Waals surface area contributed by atoms with Crippen molar-refractivity contribution in [3.05, 3.63) is 87.0 Å². The minimum absolute atomic E-state index is 0.0158. The molecule has 2 heterocycles. The molecule has 0 unspecified atom stereocenters. The summed E-state index contributed by atoms with van der Waals surface area (Å²) in [5.41, 5.74) is 2.96. The fraction of sp³-hybridized carbons (Fsp3) is 0.190. The Balaban J connectivity index is 1.88. The smallest absolute Gasteiger partial charge is 0.312 e. The first-order valence-electron chi connectivity index (χ1n) is 8.88. The number of methoxy groups -OCH3 is 1. The average molecular weight is 392 g/mol. The number of carbonyl (C=O) groups excluding carboxylic acids is 1. The number of hydrogen-bond donors (Lipinski definition) is 0. The Kier molecular flexibility index (Phi) is 5.82. The zero-order valence-corrected chi connectivity index (χ0v) is 16.3. The van der Waals surface area contributed by atoms with E-state index in [1.54, 1.807) is 56.1 Å². The van der Waals surface area contributed by atoms with Gasteiger partial charge in [-0.05, 0) is 49.8 Å². The maximum absolute atomic E-state index is 12.2. The van der Waals surface area contributed by atoms with Gasteiger partial charge in [-0.25, -0.2) is 0 Å². The normalized spacial score (nSPS) is 11.0. The Labute approximate surface area is 167 Å². The highest BCUT2D eigenvalue weighted by atomic mass is 16.6. The van der Waals surface area contributed by atoms with Gasteiger partial charge in [-0.3, -0.25) is 24.6 Å². The monoisotopic (exact) mass is 392 g/mol. The average Bonchev–Trinajstić information content (AvgIpc) is 3.00. The lowest BCUT2D eigenvalue weighted by molar-refractivity contribution is -0.386. The maximum atomic E-state index is 12.2. The van der Waals surface area contributed by atoms with Gasteiger partial charge in [-0.2, -0.15) is 5.10 Å². The van der Waals surface area contributed by atoms with E-state index in [2.05, 4.69) is 10.1 Å². The van der Waals surface area contributed by atoms with Crippen molar-refractivity contribution in [1.29, 1.82) is 0 Å². The summed E-state index contributed by atoms with van der Waals surface area (Å²) in [6.07, 6.45) is 6.32. The first kappa shape index (κ1) is 19.9. The molecule has 8 heteroatoms. The predicted octanol–water partition coefficient (Wildman–Crippen LogP) is 3.76. The fourth-order valence-corrected chi connectivity index (χ4v) is 3.07. The van der Waals surface area contributed by atoms with Crippen LogP contribution in [-0.2, 0) is 6.54 Å². The first-order valence-corrected chi connectivity index (χ1v) is 8.88. The number of pyridine rings is 1. The number of rotatable bonds is 7. The maximum Gasteiger partial charge on any atom is 0.312 e. The number of nitro groups is 1. The molecule has 0 atom stereocenters. The van der Waals surface area contributed by atoms with Crippen LogP contribution in [0.25, 0.3) is 6.08 Å². The van der Waals surface area contributed by atoms with Gasteiger partial charge in [0.2, 0.25) is 0 Å². The van der Waals surface area contributed by atoms with E-state index in [0.29, 0.717) is 29.2 Å². The molecule has 2 aromatic heterocycles. The molecule has 0 N–H and O–H groups in total. The molecule has 29 heavy (non-hydrogen) atoms. The highest BCUT2D eigenvalue weighted by Crippen LogP contribution is 2.26. The zero-order valence-electron chi connectivity index (χ0n) is 16.3. The minimum atomic E-state index is -0.422. The summed E-state index contributed by atoms with van der Waals surface area (Å²) in [6, 6.07) is 8.91. The standard InChI is InChI=1S/C21H20N4O4/c1-14-21(25(27)28)15(2)24(23-14)13-18-11-16(7-9-20(18)29-3)6-8-19(26)17-5-4-10-22-12-17/h4-12H,13H2,1-3H3/b8-6+. The summed E-state index contributed by atoms with van der Waals surface area (Å²) < 4.78 is 7.00. The van der Waals surface area contributed by atoms with Crippen molar-refractivity contribution < 1.29 is 14.5 Å². The number of nitrogens with zero attached hydrogens (tertiary/aromatic N) is 4. The highest BCUT2D eigenvalue weighted by molar-refractivity contribution is 6.06. The number of benzene rings is 1. The third kappa shape index (κ3) is 4.37. The lowest BCUT2D eigenvalue weighted by atomic mass is 10.1. The molecule has 0 saturated carbocycles. The van der Waals surface area contributed by atoms with E-state index in [0.717, 1.165) is 11.1 Å². The van der Waals surface area contributed by atoms with Crippen molar-refractivity contribution in [3.63, 3.8) is 0 Å². The van der Waals surface area contributed by atoms with Gasteiger partial charge in [-0.1, -0.05) is 12.1 Å². The number of allylic oxidation sites excluding steroid dienone is 1. The summed E-state index contributed by atoms with van der Waals surface area (Å²) in [4.78, 5) is 27.0. The van der Waals surface area contributed by atoms with Crippen molar-refractivity contribution in [1.82, 2.24) is 14.8 Å². The molecular formula is C21H20N4O4. The van der Waals surface area contributed by atoms with Crippen molar-refractivity contribution in [2.45, 2.75) is 20.4 Å². The third-order valence-corrected chi connectivity index (χ3v) is 4.52. The molecule has 0 saturated heterocycles. The molecule has 1 aromatic carbocycles. The second kappa shape index (κ2) is 8.47. The number of aryl methyl sites for hydroxylation is 1. The van der Waals surface area contributed by atoms with Crippen LogP contribution in [0, 0.1) is 24.0 Å². The first-order chi connectivity index (χ1) is 13.9. The number of ketones is 1. The largest absolute Gasteiger partial charge is 0.496 e. The van der Waals surface area contributed by atoms with Crippen molar-refractivity contribution >= 4 is 17.5 Å². The number of aromatic nitrogens is 3. The van der Waals surface area contributed by atoms with E-state index in [9.17, 15) is 14.9 Å². The molecule has 0 aliphatic heterocycles. The Bertz CT molecular complexity index is 1090. The molecule has 3 aromatic rings. The summed E-state index contributed by atoms with van der Waals surface area (Å²) in [6.45, 7) is 3.59. The second-order valence-electron chi connectivity index (χ2n) is 6.44. The van der Waals surface area contributed by atoms with Crippen LogP contribution in [0.2, 0.25) is 0 Å². The van der Waals surface area contributed by atoms with E-state index in [1.807, 2.05) is 12.1 Å². The summed E-state index contributed by atoms with van der Waals surface area (Å²) >= 11 is 0. The van der Waals surface area contributed by atoms with Crippen LogP contribution in [0.1, 0.15) is 32.9 Å². The molecule has 0 fully saturated rings. The molecule has 148 valence electrons. The van der Waals surface area contributed by atoms with Gasteiger partial charge < -0.3 is 4.74 Å². The van der Waals surface area contributed by atoms with E-state index >= 15 is 0 Å². The molecule has 3 rings (SSSR count). The van der Waals surface area contributed by atoms with Gasteiger partial charge in [-0.15, -0.1) is 0 Å². The molecular weight excluding hydrogens is 372 g/mol. The van der Waals surface area contributed by atoms with E-state index in [-0.39, 0.29) is 11.5 Å². The lowest BCUT2D eigenvalue weighted by Crippen LogP contribution is -2.06. The molecule has 0 bridgehead atoms. The van der Waals surface area contributed by atoms with Gasteiger partial charge >= 0.3 is 5.69 Å². The number of ether oxygens (including phenoxy) is 1. The van der Waals surface area contributed by atoms with E-state index < -0.39 is 4.92 Å². The predicted molar refractivity (Wildman–Crippen MR) is 108 cm³/mol. The molecule has 0 aliphatic rings. The Morgan fingerprint density at radius 3 is 2.72 bits per heavy atom. The van der Waals surface area contributed by atoms with E-state index in [4.69, 9.17) is 4.74 Å². The molecule has 0 aliphatic carbocycles. The van der Waals surface area contributed by atoms with Crippen LogP contribution in [-0.4, -0.2) is 32.6 Å². The van der Waals surface area contributed by atoms with Crippen LogP contribution in [0.4, 0.5) is 5.69 Å². The van der Waals surface area contributed by atoms with Crippen LogP contribution < -0.4 is 4.74 Å². The molecule has 0 spiro atoms. The quantitative estimate of drug-likeness (QED) is 0.263. The van der Waals surface area contributed by atoms with E-state index in [1.165, 1.54) is 12.3 Å². The van der Waals surface area contributed by atoms with Gasteiger partial charge in [0, 0.05) is 23.5 Å². The van der Waals surface area contributed by atoms with Crippen molar-refractivity contribution in [2.75, 3.05) is 7.11 Å². The number of hydrogen-bond acceptors (Lipinski definition) is 6. The molecule has 0 amide bonds. The van der Waals surface area contributed by atoms with Crippen LogP contribution >= 0.6 is 0 Å². The summed E-state index contributed by atoms with van der Waals surface area (Å²) in [5.74, 6) is 0.487. The van der Waals surface area contributed by atoms with Gasteiger partial charge in [0.15, 0.2) is 5.78 Å². The molecule has 8 nitrogen and oxygen atoms in total. The Morgan fingerprint density at radius 1 is 1.31 bits per heavy atom. The van der Waals surface area contributed by atoms with Gasteiger partial charge in [0.1, 0.15) is 17.1 Å². The van der Waals surface area contributed by atoms with Crippen molar-refractivity contribution in [3.8, 4) is 5.75 Å². The third-order valence-electron chi connectivity index (χ3n) is 4.52. The van der Waals surface area contributed by atoms with Crippen LogP contribution in [0.15, 0.2) is 48.8 Å². The van der Waals surface area contributed by atoms with Gasteiger partial charge in [0.05, 0.1) is 18.6 Å².